The Morgan fingerprint density at radius 1 is 1.21 bits per heavy atom. The van der Waals surface area contributed by atoms with Gasteiger partial charge < -0.3 is 9.64 Å². The smallest absolute Gasteiger partial charge is 0.310 e. The third-order valence-corrected chi connectivity index (χ3v) is 5.66. The van der Waals surface area contributed by atoms with Crippen molar-refractivity contribution in [3.8, 4) is 5.75 Å². The Morgan fingerprint density at radius 3 is 2.59 bits per heavy atom. The number of ether oxygens (including phenoxy) is 1. The average molecular weight is 417 g/mol. The van der Waals surface area contributed by atoms with E-state index < -0.39 is 23.0 Å². The van der Waals surface area contributed by atoms with Gasteiger partial charge in [-0.1, -0.05) is 41.9 Å². The maximum Gasteiger partial charge on any atom is 0.310 e. The summed E-state index contributed by atoms with van der Waals surface area (Å²) in [5.41, 5.74) is -0.801. The molecule has 1 saturated carbocycles. The number of likely N-dealkylation sites (N-methyl/N-ethyl adjacent to an activating group) is 1. The fraction of sp³-hybridized carbons (Fsp3) is 0.333. The fourth-order valence-corrected chi connectivity index (χ4v) is 4.10. The highest BCUT2D eigenvalue weighted by molar-refractivity contribution is 6.31. The zero-order valence-corrected chi connectivity index (χ0v) is 16.7. The Balaban J connectivity index is 1.88. The minimum absolute atomic E-state index is 0.000939. The van der Waals surface area contributed by atoms with Gasteiger partial charge in [-0.25, -0.2) is 0 Å². The summed E-state index contributed by atoms with van der Waals surface area (Å²) in [5.74, 6) is -0.530. The molecule has 0 N–H and O–H groups in total. The van der Waals surface area contributed by atoms with E-state index >= 15 is 0 Å². The van der Waals surface area contributed by atoms with Crippen LogP contribution < -0.4 is 4.74 Å². The van der Waals surface area contributed by atoms with Crippen molar-refractivity contribution in [1.82, 2.24) is 4.90 Å². The number of hydrogen-bond acceptors (Lipinski definition) is 5. The lowest BCUT2D eigenvalue weighted by Crippen LogP contribution is -2.55. The zero-order chi connectivity index (χ0) is 21.0. The van der Waals surface area contributed by atoms with Crippen molar-refractivity contribution >= 4 is 29.0 Å². The number of benzene rings is 2. The van der Waals surface area contributed by atoms with Crippen LogP contribution in [-0.4, -0.2) is 35.2 Å². The van der Waals surface area contributed by atoms with Crippen molar-refractivity contribution in [2.24, 2.45) is 0 Å². The van der Waals surface area contributed by atoms with Gasteiger partial charge in [-0.05, 0) is 31.4 Å². The zero-order valence-electron chi connectivity index (χ0n) is 16.0. The Kier molecular flexibility index (Phi) is 6.17. The minimum atomic E-state index is -1.17. The third-order valence-electron chi connectivity index (χ3n) is 5.33. The molecule has 1 aliphatic rings. The molecular weight excluding hydrogens is 396 g/mol. The number of Topliss-reactive ketones (excluding diaryl/α,β-unsaturated/α-hetero) is 1. The molecule has 0 spiro atoms. The summed E-state index contributed by atoms with van der Waals surface area (Å²) < 4.78 is 5.44. The van der Waals surface area contributed by atoms with E-state index in [0.29, 0.717) is 23.4 Å². The third kappa shape index (κ3) is 3.96. The van der Waals surface area contributed by atoms with Crippen molar-refractivity contribution in [1.29, 1.82) is 0 Å². The van der Waals surface area contributed by atoms with Crippen LogP contribution >= 0.6 is 11.6 Å². The first-order valence-corrected chi connectivity index (χ1v) is 9.67. The van der Waals surface area contributed by atoms with Gasteiger partial charge in [-0.2, -0.15) is 0 Å². The number of carbonyl (C=O) groups excluding carboxylic acids is 2. The van der Waals surface area contributed by atoms with Crippen LogP contribution in [0.1, 0.15) is 31.2 Å². The highest BCUT2D eigenvalue weighted by atomic mass is 35.5. The summed E-state index contributed by atoms with van der Waals surface area (Å²) in [6, 6.07) is 12.9. The molecule has 0 unspecified atom stereocenters. The van der Waals surface area contributed by atoms with Crippen LogP contribution in [-0.2, 0) is 15.1 Å². The molecule has 3 rings (SSSR count). The number of rotatable bonds is 6. The number of nitro groups is 1. The monoisotopic (exact) mass is 416 g/mol. The molecule has 29 heavy (non-hydrogen) atoms. The van der Waals surface area contributed by atoms with Gasteiger partial charge in [0.2, 0.25) is 0 Å². The van der Waals surface area contributed by atoms with Crippen LogP contribution in [0, 0.1) is 10.1 Å². The molecule has 1 atom stereocenters. The second-order valence-corrected chi connectivity index (χ2v) is 7.34. The average Bonchev–Trinajstić information content (AvgIpc) is 2.72. The van der Waals surface area contributed by atoms with E-state index in [0.717, 1.165) is 12.8 Å². The molecule has 1 amide bonds. The Hall–Kier alpha value is -2.93. The highest BCUT2D eigenvalue weighted by Gasteiger charge is 2.47. The van der Waals surface area contributed by atoms with Gasteiger partial charge in [0.15, 0.2) is 18.1 Å². The van der Waals surface area contributed by atoms with Gasteiger partial charge in [0.05, 0.1) is 4.92 Å². The van der Waals surface area contributed by atoms with Gasteiger partial charge >= 0.3 is 5.69 Å². The molecule has 152 valence electrons. The van der Waals surface area contributed by atoms with Crippen molar-refractivity contribution < 1.29 is 19.2 Å². The molecule has 0 aliphatic heterocycles. The first kappa shape index (κ1) is 20.8. The summed E-state index contributed by atoms with van der Waals surface area (Å²) in [6.45, 7) is -0.430. The maximum atomic E-state index is 13.0. The van der Waals surface area contributed by atoms with E-state index in [1.807, 2.05) is 0 Å². The van der Waals surface area contributed by atoms with Crippen LogP contribution in [0.2, 0.25) is 5.02 Å². The number of amides is 1. The SMILES string of the molecule is CN(C(=O)COc1ccccc1[N+](=O)[O-])[C@]1(c2ccccc2Cl)CCCCC1=O. The van der Waals surface area contributed by atoms with Gasteiger partial charge in [0.25, 0.3) is 5.91 Å². The number of carbonyl (C=O) groups is 2. The molecule has 0 saturated heterocycles. The predicted octanol–water partition coefficient (Wildman–Crippen LogP) is 4.12. The minimum Gasteiger partial charge on any atom is -0.477 e. The predicted molar refractivity (Wildman–Crippen MR) is 108 cm³/mol. The first-order chi connectivity index (χ1) is 13.9. The van der Waals surface area contributed by atoms with Crippen LogP contribution in [0.25, 0.3) is 0 Å². The van der Waals surface area contributed by atoms with Crippen molar-refractivity contribution in [3.05, 3.63) is 69.2 Å². The number of ketones is 1. The Labute approximate surface area is 173 Å². The van der Waals surface area contributed by atoms with Crippen LogP contribution in [0.3, 0.4) is 0 Å². The molecular formula is C21H21ClN2O5. The van der Waals surface area contributed by atoms with E-state index in [2.05, 4.69) is 0 Å². The molecule has 8 heteroatoms. The molecule has 1 fully saturated rings. The van der Waals surface area contributed by atoms with E-state index in [-0.39, 0.29) is 17.2 Å². The molecule has 2 aromatic carbocycles. The van der Waals surface area contributed by atoms with E-state index in [1.54, 1.807) is 37.4 Å². The van der Waals surface area contributed by atoms with E-state index in [9.17, 15) is 19.7 Å². The number of nitrogens with zero attached hydrogens (tertiary/aromatic N) is 2. The lowest BCUT2D eigenvalue weighted by Gasteiger charge is -2.43. The van der Waals surface area contributed by atoms with E-state index in [1.165, 1.54) is 23.1 Å². The highest BCUT2D eigenvalue weighted by Crippen LogP contribution is 2.42. The molecule has 0 aromatic heterocycles. The molecule has 0 heterocycles. The van der Waals surface area contributed by atoms with Crippen LogP contribution in [0.4, 0.5) is 5.69 Å². The van der Waals surface area contributed by atoms with Crippen molar-refractivity contribution in [3.63, 3.8) is 0 Å². The van der Waals surface area contributed by atoms with E-state index in [4.69, 9.17) is 16.3 Å². The molecule has 0 bridgehead atoms. The van der Waals surface area contributed by atoms with Gasteiger partial charge in [-0.3, -0.25) is 19.7 Å². The quantitative estimate of drug-likeness (QED) is 0.521. The topological polar surface area (TPSA) is 89.8 Å². The summed E-state index contributed by atoms with van der Waals surface area (Å²) in [6.07, 6.45) is 2.36. The van der Waals surface area contributed by atoms with Gasteiger partial charge in [0.1, 0.15) is 5.54 Å². The first-order valence-electron chi connectivity index (χ1n) is 9.29. The lowest BCUT2D eigenvalue weighted by molar-refractivity contribution is -0.385. The van der Waals surface area contributed by atoms with Gasteiger partial charge in [0, 0.05) is 30.1 Å². The Bertz CT molecular complexity index is 948. The number of nitro benzene ring substituents is 1. The molecule has 1 aliphatic carbocycles. The van der Waals surface area contributed by atoms with Crippen LogP contribution in [0.5, 0.6) is 5.75 Å². The normalized spacial score (nSPS) is 18.9. The Morgan fingerprint density at radius 2 is 1.90 bits per heavy atom. The largest absolute Gasteiger partial charge is 0.477 e. The van der Waals surface area contributed by atoms with Crippen LogP contribution in [0.15, 0.2) is 48.5 Å². The maximum absolute atomic E-state index is 13.0. The standard InChI is InChI=1S/C21H21ClN2O5/c1-23(20(26)14-29-18-11-5-4-10-17(18)24(27)28)21(13-7-6-12-19(21)25)15-8-2-3-9-16(15)22/h2-5,8-11H,6-7,12-14H2,1H3/t21-/m0/s1. The van der Waals surface area contributed by atoms with Gasteiger partial charge in [-0.15, -0.1) is 0 Å². The second kappa shape index (κ2) is 8.61. The van der Waals surface area contributed by atoms with Crippen molar-refractivity contribution in [2.75, 3.05) is 13.7 Å². The van der Waals surface area contributed by atoms with Crippen molar-refractivity contribution in [2.45, 2.75) is 31.2 Å². The molecule has 7 nitrogen and oxygen atoms in total. The second-order valence-electron chi connectivity index (χ2n) is 6.94. The fourth-order valence-electron chi connectivity index (χ4n) is 3.81. The summed E-state index contributed by atoms with van der Waals surface area (Å²) in [5, 5.41) is 11.6. The number of para-hydroxylation sites is 2. The summed E-state index contributed by atoms with van der Waals surface area (Å²) in [4.78, 5) is 38.0. The molecule has 0 radical (unpaired) electrons. The molecule has 2 aromatic rings. The summed E-state index contributed by atoms with van der Waals surface area (Å²) in [7, 11) is 1.55. The summed E-state index contributed by atoms with van der Waals surface area (Å²) >= 11 is 6.39. The number of halogens is 1. The lowest BCUT2D eigenvalue weighted by atomic mass is 9.74. The number of hydrogen-bond donors (Lipinski definition) is 0.